The number of nitrogens with two attached hydrogens (primary N) is 1. The van der Waals surface area contributed by atoms with Gasteiger partial charge in [-0.05, 0) is 36.6 Å². The number of non-ortho nitro benzene ring substituents is 1. The molecule has 0 atom stereocenters. The zero-order chi connectivity index (χ0) is 16.8. The van der Waals surface area contributed by atoms with Crippen molar-refractivity contribution < 1.29 is 14.5 Å². The minimum atomic E-state index is -0.533. The molecule has 23 heavy (non-hydrogen) atoms. The molecule has 0 heterocycles. The predicted octanol–water partition coefficient (Wildman–Crippen LogP) is 1.86. The number of amides is 2. The number of hydrogen-bond donors (Lipinski definition) is 1. The second-order valence-corrected chi connectivity index (χ2v) is 5.55. The molecular weight excluding hydrogens is 298 g/mol. The lowest BCUT2D eigenvalue weighted by molar-refractivity contribution is -0.384. The third-order valence-corrected chi connectivity index (χ3v) is 3.90. The summed E-state index contributed by atoms with van der Waals surface area (Å²) in [7, 11) is 0. The van der Waals surface area contributed by atoms with Crippen molar-refractivity contribution in [3.63, 3.8) is 0 Å². The molecule has 0 bridgehead atoms. The summed E-state index contributed by atoms with van der Waals surface area (Å²) in [4.78, 5) is 35.2. The van der Waals surface area contributed by atoms with Crippen LogP contribution in [0, 0.1) is 10.1 Å². The molecular formula is C16H19N3O4. The van der Waals surface area contributed by atoms with E-state index in [0.717, 1.165) is 25.7 Å². The number of benzene rings is 1. The molecule has 0 aliphatic heterocycles. The third kappa shape index (κ3) is 4.64. The maximum Gasteiger partial charge on any atom is 0.269 e. The summed E-state index contributed by atoms with van der Waals surface area (Å²) in [5, 5.41) is 10.6. The topological polar surface area (TPSA) is 107 Å². The Labute approximate surface area is 133 Å². The third-order valence-electron chi connectivity index (χ3n) is 3.90. The van der Waals surface area contributed by atoms with Crippen molar-refractivity contribution in [2.75, 3.05) is 6.54 Å². The number of hydrogen-bond acceptors (Lipinski definition) is 4. The summed E-state index contributed by atoms with van der Waals surface area (Å²) >= 11 is 0. The molecule has 1 fully saturated rings. The quantitative estimate of drug-likeness (QED) is 0.491. The van der Waals surface area contributed by atoms with Gasteiger partial charge in [0.05, 0.1) is 11.5 Å². The van der Waals surface area contributed by atoms with Crippen LogP contribution in [0.4, 0.5) is 5.69 Å². The highest BCUT2D eigenvalue weighted by Gasteiger charge is 2.26. The Hall–Kier alpha value is -2.70. The summed E-state index contributed by atoms with van der Waals surface area (Å²) in [6.45, 7) is -0.0892. The van der Waals surface area contributed by atoms with Crippen LogP contribution in [-0.2, 0) is 9.59 Å². The Morgan fingerprint density at radius 1 is 1.26 bits per heavy atom. The number of primary amides is 1. The molecule has 2 rings (SSSR count). The molecule has 0 spiro atoms. The molecule has 0 aromatic heterocycles. The molecule has 1 aromatic rings. The van der Waals surface area contributed by atoms with Crippen molar-refractivity contribution in [1.82, 2.24) is 4.90 Å². The van der Waals surface area contributed by atoms with E-state index in [9.17, 15) is 19.7 Å². The van der Waals surface area contributed by atoms with Crippen LogP contribution in [0.5, 0.6) is 0 Å². The molecule has 2 N–H and O–H groups in total. The molecule has 1 aliphatic carbocycles. The van der Waals surface area contributed by atoms with E-state index < -0.39 is 10.8 Å². The molecule has 2 amide bonds. The van der Waals surface area contributed by atoms with Gasteiger partial charge in [0.1, 0.15) is 0 Å². The first-order valence-electron chi connectivity index (χ1n) is 7.49. The van der Waals surface area contributed by atoms with E-state index >= 15 is 0 Å². The van der Waals surface area contributed by atoms with E-state index in [2.05, 4.69) is 0 Å². The maximum atomic E-state index is 12.3. The zero-order valence-corrected chi connectivity index (χ0v) is 12.7. The predicted molar refractivity (Wildman–Crippen MR) is 85.3 cm³/mol. The number of nitrogens with zero attached hydrogens (tertiary/aromatic N) is 2. The zero-order valence-electron chi connectivity index (χ0n) is 12.7. The molecule has 0 radical (unpaired) electrons. The Morgan fingerprint density at radius 2 is 1.87 bits per heavy atom. The molecule has 0 unspecified atom stereocenters. The smallest absolute Gasteiger partial charge is 0.269 e. The highest BCUT2D eigenvalue weighted by atomic mass is 16.6. The van der Waals surface area contributed by atoms with Crippen molar-refractivity contribution in [1.29, 1.82) is 0 Å². The Bertz CT molecular complexity index is 619. The van der Waals surface area contributed by atoms with Gasteiger partial charge in [-0.2, -0.15) is 0 Å². The first-order chi connectivity index (χ1) is 11.0. The Kier molecular flexibility index (Phi) is 5.46. The van der Waals surface area contributed by atoms with Gasteiger partial charge in [-0.3, -0.25) is 19.7 Å². The fourth-order valence-electron chi connectivity index (χ4n) is 2.74. The molecule has 1 aromatic carbocycles. The van der Waals surface area contributed by atoms with Gasteiger partial charge in [-0.15, -0.1) is 0 Å². The van der Waals surface area contributed by atoms with Gasteiger partial charge >= 0.3 is 0 Å². The summed E-state index contributed by atoms with van der Waals surface area (Å²) < 4.78 is 0. The van der Waals surface area contributed by atoms with Crippen molar-refractivity contribution in [3.8, 4) is 0 Å². The van der Waals surface area contributed by atoms with Crippen LogP contribution in [0.15, 0.2) is 30.3 Å². The van der Waals surface area contributed by atoms with Crippen molar-refractivity contribution in [2.45, 2.75) is 31.7 Å². The lowest BCUT2D eigenvalue weighted by Gasteiger charge is -2.26. The first kappa shape index (κ1) is 16.7. The van der Waals surface area contributed by atoms with E-state index in [4.69, 9.17) is 5.73 Å². The molecule has 7 heteroatoms. The van der Waals surface area contributed by atoms with Gasteiger partial charge in [0.2, 0.25) is 11.8 Å². The molecule has 0 saturated heterocycles. The Balaban J connectivity index is 2.07. The number of carbonyl (C=O) groups excluding carboxylic acids is 2. The summed E-state index contributed by atoms with van der Waals surface area (Å²) in [6, 6.07) is 5.94. The monoisotopic (exact) mass is 317 g/mol. The lowest BCUT2D eigenvalue weighted by atomic mass is 10.1. The fraction of sp³-hybridized carbons (Fsp3) is 0.375. The highest BCUT2D eigenvalue weighted by molar-refractivity contribution is 5.94. The number of nitro groups is 1. The molecule has 1 aliphatic rings. The van der Waals surface area contributed by atoms with Gasteiger partial charge in [0.25, 0.3) is 5.69 Å². The maximum absolute atomic E-state index is 12.3. The molecule has 7 nitrogen and oxygen atoms in total. The van der Waals surface area contributed by atoms with Gasteiger partial charge in [0.15, 0.2) is 0 Å². The largest absolute Gasteiger partial charge is 0.368 e. The van der Waals surface area contributed by atoms with Gasteiger partial charge in [-0.1, -0.05) is 12.8 Å². The second-order valence-electron chi connectivity index (χ2n) is 5.55. The second kappa shape index (κ2) is 7.53. The summed E-state index contributed by atoms with van der Waals surface area (Å²) in [6.07, 6.45) is 6.80. The summed E-state index contributed by atoms with van der Waals surface area (Å²) in [5.41, 5.74) is 5.90. The molecule has 122 valence electrons. The average molecular weight is 317 g/mol. The van der Waals surface area contributed by atoms with Crippen LogP contribution >= 0.6 is 0 Å². The average Bonchev–Trinajstić information content (AvgIpc) is 3.04. The van der Waals surface area contributed by atoms with Gasteiger partial charge in [-0.25, -0.2) is 0 Å². The van der Waals surface area contributed by atoms with Crippen LogP contribution in [0.1, 0.15) is 31.2 Å². The highest BCUT2D eigenvalue weighted by Crippen LogP contribution is 2.23. The number of nitro benzene ring substituents is 1. The molecule has 1 saturated carbocycles. The van der Waals surface area contributed by atoms with Gasteiger partial charge < -0.3 is 10.6 Å². The van der Waals surface area contributed by atoms with E-state index in [0.29, 0.717) is 5.56 Å². The minimum Gasteiger partial charge on any atom is -0.368 e. The number of carbonyl (C=O) groups is 2. The first-order valence-corrected chi connectivity index (χ1v) is 7.49. The van der Waals surface area contributed by atoms with Crippen molar-refractivity contribution >= 4 is 23.6 Å². The summed E-state index contributed by atoms with van der Waals surface area (Å²) in [5.74, 6) is -0.803. The van der Waals surface area contributed by atoms with Crippen LogP contribution in [0.3, 0.4) is 0 Å². The van der Waals surface area contributed by atoms with Crippen LogP contribution < -0.4 is 5.73 Å². The number of rotatable bonds is 6. The fourth-order valence-corrected chi connectivity index (χ4v) is 2.74. The van der Waals surface area contributed by atoms with Crippen LogP contribution in [0.2, 0.25) is 0 Å². The van der Waals surface area contributed by atoms with Crippen molar-refractivity contribution in [3.05, 3.63) is 46.0 Å². The van der Waals surface area contributed by atoms with E-state index in [1.807, 2.05) is 0 Å². The normalized spacial score (nSPS) is 15.0. The standard InChI is InChI=1S/C16H19N3O4/c17-15(20)11-18(13-3-1-2-4-13)16(21)10-7-12-5-8-14(9-6-12)19(22)23/h5-10,13H,1-4,11H2,(H2,17,20)/b10-7+. The lowest BCUT2D eigenvalue weighted by Crippen LogP contribution is -2.43. The van der Waals surface area contributed by atoms with E-state index in [1.54, 1.807) is 18.2 Å². The van der Waals surface area contributed by atoms with Crippen LogP contribution in [0.25, 0.3) is 6.08 Å². The van der Waals surface area contributed by atoms with Crippen molar-refractivity contribution in [2.24, 2.45) is 5.73 Å². The van der Waals surface area contributed by atoms with Crippen LogP contribution in [-0.4, -0.2) is 34.2 Å². The minimum absolute atomic E-state index is 0.00483. The van der Waals surface area contributed by atoms with Gasteiger partial charge in [0, 0.05) is 24.3 Å². The Morgan fingerprint density at radius 3 is 2.39 bits per heavy atom. The van der Waals surface area contributed by atoms with E-state index in [-0.39, 0.29) is 24.2 Å². The SMILES string of the molecule is NC(=O)CN(C(=O)/C=C/c1ccc([N+](=O)[O-])cc1)C1CCCC1. The van der Waals surface area contributed by atoms with E-state index in [1.165, 1.54) is 23.1 Å².